The van der Waals surface area contributed by atoms with E-state index < -0.39 is 6.04 Å². The molecule has 0 radical (unpaired) electrons. The van der Waals surface area contributed by atoms with Gasteiger partial charge in [0, 0.05) is 0 Å². The second-order valence-electron chi connectivity index (χ2n) is 4.11. The van der Waals surface area contributed by atoms with Crippen molar-refractivity contribution in [2.24, 2.45) is 5.11 Å². The quantitative estimate of drug-likeness (QED) is 0.440. The molecule has 0 saturated heterocycles. The summed E-state index contributed by atoms with van der Waals surface area (Å²) in [5.41, 5.74) is 1.23. The van der Waals surface area contributed by atoms with Crippen molar-refractivity contribution >= 4 is 5.78 Å². The average molecular weight is 246 g/mol. The number of carbonyl (C=O) groups is 1. The van der Waals surface area contributed by atoms with E-state index in [9.17, 15) is 10.0 Å². The van der Waals surface area contributed by atoms with Crippen LogP contribution in [0, 0.1) is 5.21 Å². The van der Waals surface area contributed by atoms with Crippen molar-refractivity contribution < 1.29 is 9.66 Å². The monoisotopic (exact) mass is 246 g/mol. The van der Waals surface area contributed by atoms with Gasteiger partial charge in [0.1, 0.15) is 0 Å². The van der Waals surface area contributed by atoms with E-state index in [-0.39, 0.29) is 5.78 Å². The Balaban J connectivity index is 2.39. The lowest BCUT2D eigenvalue weighted by atomic mass is 10.1. The predicted molar refractivity (Wildman–Crippen MR) is 70.1 cm³/mol. The van der Waals surface area contributed by atoms with Crippen molar-refractivity contribution in [3.8, 4) is 0 Å². The van der Waals surface area contributed by atoms with Gasteiger partial charge in [0.25, 0.3) is 0 Å². The zero-order chi connectivity index (χ0) is 13.4. The molecule has 4 nitrogen and oxygen atoms in total. The minimum Gasteiger partial charge on any atom is -0.595 e. The van der Waals surface area contributed by atoms with Crippen LogP contribution in [0.4, 0.5) is 0 Å². The standard InChI is InChI=1S/C14H18N2O2/c1-12(13(2)17)15-16(18)11-7-6-10-14-8-4-3-5-9-14/h3-5,7-9,11-12H,6,10H2,1-2H3/b11-7+,16-15?. The molecule has 0 heterocycles. The number of Topliss-reactive ketones (excluding diaryl/α,β-unsaturated/α-hetero) is 1. The summed E-state index contributed by atoms with van der Waals surface area (Å²) in [5.74, 6) is -0.117. The van der Waals surface area contributed by atoms with Crippen LogP contribution in [0.5, 0.6) is 0 Å². The van der Waals surface area contributed by atoms with Gasteiger partial charge in [-0.25, -0.2) is 0 Å². The molecule has 1 aromatic carbocycles. The molecule has 0 amide bonds. The van der Waals surface area contributed by atoms with E-state index >= 15 is 0 Å². The summed E-state index contributed by atoms with van der Waals surface area (Å²) in [6.45, 7) is 3.02. The van der Waals surface area contributed by atoms with Crippen LogP contribution in [-0.4, -0.2) is 16.7 Å². The van der Waals surface area contributed by atoms with Crippen LogP contribution < -0.4 is 0 Å². The van der Waals surface area contributed by atoms with Gasteiger partial charge in [0.2, 0.25) is 6.20 Å². The van der Waals surface area contributed by atoms with Crippen molar-refractivity contribution in [1.29, 1.82) is 0 Å². The van der Waals surface area contributed by atoms with E-state index in [1.807, 2.05) is 30.3 Å². The molecule has 1 aromatic rings. The molecule has 0 N–H and O–H groups in total. The van der Waals surface area contributed by atoms with E-state index in [0.29, 0.717) is 4.86 Å². The Labute approximate surface area is 107 Å². The van der Waals surface area contributed by atoms with E-state index in [1.54, 1.807) is 13.0 Å². The van der Waals surface area contributed by atoms with Gasteiger partial charge in [-0.15, -0.1) is 0 Å². The molecule has 0 bridgehead atoms. The fourth-order valence-electron chi connectivity index (χ4n) is 1.35. The largest absolute Gasteiger partial charge is 0.595 e. The van der Waals surface area contributed by atoms with Crippen LogP contribution >= 0.6 is 0 Å². The first-order valence-corrected chi connectivity index (χ1v) is 5.97. The predicted octanol–water partition coefficient (Wildman–Crippen LogP) is 3.07. The number of allylic oxidation sites excluding steroid dienone is 1. The molecule has 18 heavy (non-hydrogen) atoms. The highest BCUT2D eigenvalue weighted by Gasteiger charge is 2.08. The Morgan fingerprint density at radius 2 is 2.11 bits per heavy atom. The van der Waals surface area contributed by atoms with Gasteiger partial charge in [-0.3, -0.25) is 4.79 Å². The third kappa shape index (κ3) is 5.39. The summed E-state index contributed by atoms with van der Waals surface area (Å²) < 4.78 is 0. The fraction of sp³-hybridized carbons (Fsp3) is 0.357. The Bertz CT molecular complexity index is 438. The second-order valence-corrected chi connectivity index (χ2v) is 4.11. The van der Waals surface area contributed by atoms with Crippen LogP contribution in [0.2, 0.25) is 0 Å². The first kappa shape index (κ1) is 14.1. The molecule has 1 atom stereocenters. The summed E-state index contributed by atoms with van der Waals surface area (Å²) in [7, 11) is 0. The molecule has 0 fully saturated rings. The lowest BCUT2D eigenvalue weighted by Crippen LogP contribution is -2.12. The highest BCUT2D eigenvalue weighted by atomic mass is 16.5. The topological polar surface area (TPSA) is 55.5 Å². The number of nitrogens with zero attached hydrogens (tertiary/aromatic N) is 2. The summed E-state index contributed by atoms with van der Waals surface area (Å²) in [6.07, 6.45) is 4.76. The minimum atomic E-state index is -0.582. The molecule has 0 aromatic heterocycles. The Morgan fingerprint density at radius 3 is 2.72 bits per heavy atom. The molecule has 1 rings (SSSR count). The minimum absolute atomic E-state index is 0.117. The SMILES string of the molecule is CC(=O)C(C)N=[N+]([O-])/C=C/CCc1ccccc1. The number of ketones is 1. The van der Waals surface area contributed by atoms with Crippen molar-refractivity contribution in [2.45, 2.75) is 32.7 Å². The summed E-state index contributed by atoms with van der Waals surface area (Å²) >= 11 is 0. The van der Waals surface area contributed by atoms with Gasteiger partial charge in [0.05, 0.1) is 0 Å². The molecule has 4 heteroatoms. The van der Waals surface area contributed by atoms with E-state index in [1.165, 1.54) is 18.7 Å². The first-order chi connectivity index (χ1) is 8.59. The fourth-order valence-corrected chi connectivity index (χ4v) is 1.35. The maximum absolute atomic E-state index is 11.3. The molecule has 0 aliphatic rings. The highest BCUT2D eigenvalue weighted by molar-refractivity contribution is 5.80. The van der Waals surface area contributed by atoms with Crippen LogP contribution in [0.15, 0.2) is 47.7 Å². The first-order valence-electron chi connectivity index (χ1n) is 5.97. The van der Waals surface area contributed by atoms with Crippen molar-refractivity contribution in [2.75, 3.05) is 0 Å². The van der Waals surface area contributed by atoms with Gasteiger partial charge in [-0.05, 0) is 43.4 Å². The number of aryl methyl sites for hydroxylation is 1. The van der Waals surface area contributed by atoms with Crippen LogP contribution in [0.25, 0.3) is 0 Å². The Kier molecular flexibility index (Phi) is 5.77. The molecule has 0 saturated carbocycles. The van der Waals surface area contributed by atoms with E-state index in [4.69, 9.17) is 0 Å². The number of hydrogen-bond donors (Lipinski definition) is 0. The lowest BCUT2D eigenvalue weighted by Gasteiger charge is -1.99. The van der Waals surface area contributed by atoms with E-state index in [0.717, 1.165) is 12.8 Å². The number of azo groups is 1. The van der Waals surface area contributed by atoms with Gasteiger partial charge in [-0.1, -0.05) is 35.2 Å². The van der Waals surface area contributed by atoms with Crippen molar-refractivity contribution in [3.05, 3.63) is 53.4 Å². The maximum atomic E-state index is 11.3. The van der Waals surface area contributed by atoms with Gasteiger partial charge in [-0.2, -0.15) is 0 Å². The van der Waals surface area contributed by atoms with Crippen molar-refractivity contribution in [3.63, 3.8) is 0 Å². The molecule has 0 aliphatic carbocycles. The highest BCUT2D eigenvalue weighted by Crippen LogP contribution is 2.03. The summed E-state index contributed by atoms with van der Waals surface area (Å²) in [5, 5.41) is 14.9. The van der Waals surface area contributed by atoms with Gasteiger partial charge in [0.15, 0.2) is 11.8 Å². The molecule has 0 spiro atoms. The number of hydrogen-bond acceptors (Lipinski definition) is 3. The van der Waals surface area contributed by atoms with Crippen LogP contribution in [0.1, 0.15) is 25.8 Å². The molecule has 1 unspecified atom stereocenters. The van der Waals surface area contributed by atoms with Crippen LogP contribution in [-0.2, 0) is 11.2 Å². The average Bonchev–Trinajstić information content (AvgIpc) is 2.35. The molecular formula is C14H18N2O2. The summed E-state index contributed by atoms with van der Waals surface area (Å²) in [4.78, 5) is 11.4. The van der Waals surface area contributed by atoms with Crippen molar-refractivity contribution in [1.82, 2.24) is 0 Å². The normalized spacial score (nSPS) is 13.8. The molecule has 0 aliphatic heterocycles. The van der Waals surface area contributed by atoms with Gasteiger partial charge >= 0.3 is 0 Å². The Morgan fingerprint density at radius 1 is 1.44 bits per heavy atom. The molecule has 96 valence electrons. The lowest BCUT2D eigenvalue weighted by molar-refractivity contribution is -0.461. The smallest absolute Gasteiger partial charge is 0.205 e. The second kappa shape index (κ2) is 7.37. The third-order valence-electron chi connectivity index (χ3n) is 2.55. The summed E-state index contributed by atoms with van der Waals surface area (Å²) in [6, 6.07) is 9.46. The number of rotatable bonds is 6. The molecular weight excluding hydrogens is 228 g/mol. The van der Waals surface area contributed by atoms with Gasteiger partial charge < -0.3 is 5.21 Å². The van der Waals surface area contributed by atoms with E-state index in [2.05, 4.69) is 5.11 Å². The number of hydroxylamine groups is 1. The number of benzene rings is 1. The zero-order valence-electron chi connectivity index (χ0n) is 10.7. The maximum Gasteiger partial charge on any atom is 0.205 e. The van der Waals surface area contributed by atoms with Crippen LogP contribution in [0.3, 0.4) is 0 Å². The number of carbonyl (C=O) groups excluding carboxylic acids is 1. The Hall–Kier alpha value is -1.97. The zero-order valence-corrected chi connectivity index (χ0v) is 10.7. The third-order valence-corrected chi connectivity index (χ3v) is 2.55.